The summed E-state index contributed by atoms with van der Waals surface area (Å²) in [6, 6.07) is 0.597. The maximum absolute atomic E-state index is 3.56. The molecule has 0 aromatic rings. The van der Waals surface area contributed by atoms with Crippen molar-refractivity contribution in [2.45, 2.75) is 51.1 Å². The number of likely N-dealkylation sites (N-methyl/N-ethyl adjacent to an activating group) is 2. The number of nitrogens with one attached hydrogen (secondary N) is 1. The highest BCUT2D eigenvalue weighted by Gasteiger charge is 2.39. The van der Waals surface area contributed by atoms with Gasteiger partial charge in [0.25, 0.3) is 0 Å². The Kier molecular flexibility index (Phi) is 5.90. The van der Waals surface area contributed by atoms with Crippen LogP contribution in [0, 0.1) is 0 Å². The lowest BCUT2D eigenvalue weighted by molar-refractivity contribution is 0.0261. The van der Waals surface area contributed by atoms with Gasteiger partial charge in [-0.1, -0.05) is 6.92 Å². The minimum absolute atomic E-state index is 0.458. The summed E-state index contributed by atoms with van der Waals surface area (Å²) < 4.78 is 0. The van der Waals surface area contributed by atoms with Crippen molar-refractivity contribution in [2.24, 2.45) is 0 Å². The molecule has 0 aliphatic heterocycles. The second-order valence-corrected chi connectivity index (χ2v) is 6.02. The van der Waals surface area contributed by atoms with Crippen molar-refractivity contribution in [1.29, 1.82) is 0 Å². The summed E-state index contributed by atoms with van der Waals surface area (Å²) in [5.41, 5.74) is 0.458. The molecule has 0 aromatic carbocycles. The normalized spacial score (nSPS) is 20.6. The Bertz CT molecular complexity index is 212. The largest absolute Gasteiger partial charge is 0.313 e. The topological polar surface area (TPSA) is 18.5 Å². The summed E-state index contributed by atoms with van der Waals surface area (Å²) in [6.45, 7) is 8.00. The van der Waals surface area contributed by atoms with E-state index in [0.29, 0.717) is 11.6 Å². The van der Waals surface area contributed by atoms with E-state index in [2.05, 4.69) is 50.1 Å². The second-order valence-electron chi connectivity index (χ2n) is 6.02. The molecular weight excluding hydrogens is 210 g/mol. The van der Waals surface area contributed by atoms with Crippen LogP contribution >= 0.6 is 0 Å². The van der Waals surface area contributed by atoms with Crippen LogP contribution in [0.4, 0.5) is 0 Å². The molecule has 0 saturated heterocycles. The van der Waals surface area contributed by atoms with Crippen LogP contribution in [0.5, 0.6) is 0 Å². The van der Waals surface area contributed by atoms with E-state index in [0.717, 1.165) is 13.1 Å². The maximum Gasteiger partial charge on any atom is 0.0330 e. The quantitative estimate of drug-likeness (QED) is 0.699. The number of hydrogen-bond donors (Lipinski definition) is 1. The molecule has 1 aliphatic rings. The van der Waals surface area contributed by atoms with Gasteiger partial charge in [0.05, 0.1) is 0 Å². The first-order chi connectivity index (χ1) is 8.00. The number of rotatable bonds is 8. The molecule has 0 spiro atoms. The van der Waals surface area contributed by atoms with Crippen molar-refractivity contribution < 1.29 is 0 Å². The summed E-state index contributed by atoms with van der Waals surface area (Å²) in [6.07, 6.45) is 5.34. The molecule has 0 aromatic heterocycles. The van der Waals surface area contributed by atoms with Crippen LogP contribution in [0.15, 0.2) is 0 Å². The molecule has 1 fully saturated rings. The second kappa shape index (κ2) is 6.72. The lowest BCUT2D eigenvalue weighted by Crippen LogP contribution is -2.57. The Hall–Kier alpha value is -0.120. The van der Waals surface area contributed by atoms with Crippen LogP contribution in [0.3, 0.4) is 0 Å². The summed E-state index contributed by atoms with van der Waals surface area (Å²) in [4.78, 5) is 4.92. The van der Waals surface area contributed by atoms with Crippen molar-refractivity contribution in [3.05, 3.63) is 0 Å². The van der Waals surface area contributed by atoms with Crippen LogP contribution in [-0.2, 0) is 0 Å². The zero-order valence-electron chi connectivity index (χ0n) is 12.4. The van der Waals surface area contributed by atoms with Gasteiger partial charge in [-0.3, -0.25) is 0 Å². The monoisotopic (exact) mass is 241 g/mol. The molecule has 3 nitrogen and oxygen atoms in total. The minimum atomic E-state index is 0.458. The molecule has 3 heteroatoms. The summed E-state index contributed by atoms with van der Waals surface area (Å²) in [5, 5.41) is 3.56. The standard InChI is InChI=1S/C14H31N3/c1-6-10-15-13(2)11-17(5)12-14(16(3)4)8-7-9-14/h13,15H,6-12H2,1-5H3. The average Bonchev–Trinajstić information content (AvgIpc) is 2.19. The van der Waals surface area contributed by atoms with Crippen molar-refractivity contribution in [3.63, 3.8) is 0 Å². The SMILES string of the molecule is CCCNC(C)CN(C)CC1(N(C)C)CCC1. The first-order valence-electron chi connectivity index (χ1n) is 7.09. The third-order valence-electron chi connectivity index (χ3n) is 4.13. The zero-order chi connectivity index (χ0) is 12.9. The van der Waals surface area contributed by atoms with Gasteiger partial charge in [0.2, 0.25) is 0 Å². The van der Waals surface area contributed by atoms with Gasteiger partial charge in [-0.2, -0.15) is 0 Å². The van der Waals surface area contributed by atoms with Gasteiger partial charge in [0, 0.05) is 24.7 Å². The Morgan fingerprint density at radius 2 is 1.88 bits per heavy atom. The Morgan fingerprint density at radius 1 is 1.24 bits per heavy atom. The zero-order valence-corrected chi connectivity index (χ0v) is 12.4. The first-order valence-corrected chi connectivity index (χ1v) is 7.09. The summed E-state index contributed by atoms with van der Waals surface area (Å²) in [5.74, 6) is 0. The van der Waals surface area contributed by atoms with E-state index in [1.54, 1.807) is 0 Å². The fraction of sp³-hybridized carbons (Fsp3) is 1.00. The maximum atomic E-state index is 3.56. The molecule has 17 heavy (non-hydrogen) atoms. The molecule has 0 heterocycles. The van der Waals surface area contributed by atoms with Crippen molar-refractivity contribution >= 4 is 0 Å². The predicted molar refractivity (Wildman–Crippen MR) is 75.5 cm³/mol. The van der Waals surface area contributed by atoms with E-state index in [4.69, 9.17) is 0 Å². The van der Waals surface area contributed by atoms with Crippen LogP contribution in [-0.4, -0.2) is 62.2 Å². The van der Waals surface area contributed by atoms with Gasteiger partial charge in [-0.15, -0.1) is 0 Å². The Balaban J connectivity index is 2.30. The fourth-order valence-electron chi connectivity index (χ4n) is 2.82. The third-order valence-corrected chi connectivity index (χ3v) is 4.13. The van der Waals surface area contributed by atoms with E-state index < -0.39 is 0 Å². The Morgan fingerprint density at radius 3 is 2.29 bits per heavy atom. The van der Waals surface area contributed by atoms with Crippen molar-refractivity contribution in [2.75, 3.05) is 40.8 Å². The van der Waals surface area contributed by atoms with Gasteiger partial charge in [0.1, 0.15) is 0 Å². The van der Waals surface area contributed by atoms with E-state index in [9.17, 15) is 0 Å². The third kappa shape index (κ3) is 4.23. The van der Waals surface area contributed by atoms with Gasteiger partial charge in [-0.25, -0.2) is 0 Å². The Labute approximate surface area is 108 Å². The van der Waals surface area contributed by atoms with Gasteiger partial charge in [0.15, 0.2) is 0 Å². The number of hydrogen-bond acceptors (Lipinski definition) is 3. The van der Waals surface area contributed by atoms with Gasteiger partial charge >= 0.3 is 0 Å². The molecule has 1 N–H and O–H groups in total. The summed E-state index contributed by atoms with van der Waals surface area (Å²) in [7, 11) is 6.71. The molecule has 1 saturated carbocycles. The van der Waals surface area contributed by atoms with E-state index in [1.165, 1.54) is 32.2 Å². The lowest BCUT2D eigenvalue weighted by Gasteiger charge is -2.49. The predicted octanol–water partition coefficient (Wildman–Crippen LogP) is 1.79. The lowest BCUT2D eigenvalue weighted by atomic mass is 9.75. The molecule has 0 radical (unpaired) electrons. The van der Waals surface area contributed by atoms with Crippen LogP contribution in [0.25, 0.3) is 0 Å². The van der Waals surface area contributed by atoms with Crippen LogP contribution < -0.4 is 5.32 Å². The molecule has 0 amide bonds. The van der Waals surface area contributed by atoms with Gasteiger partial charge < -0.3 is 15.1 Å². The molecule has 1 rings (SSSR count). The summed E-state index contributed by atoms with van der Waals surface area (Å²) >= 11 is 0. The molecule has 0 bridgehead atoms. The van der Waals surface area contributed by atoms with Crippen molar-refractivity contribution in [3.8, 4) is 0 Å². The smallest absolute Gasteiger partial charge is 0.0330 e. The average molecular weight is 241 g/mol. The fourth-order valence-corrected chi connectivity index (χ4v) is 2.82. The molecule has 1 atom stereocenters. The van der Waals surface area contributed by atoms with Crippen LogP contribution in [0.1, 0.15) is 39.5 Å². The van der Waals surface area contributed by atoms with E-state index >= 15 is 0 Å². The van der Waals surface area contributed by atoms with Crippen LogP contribution in [0.2, 0.25) is 0 Å². The highest BCUT2D eigenvalue weighted by atomic mass is 15.2. The minimum Gasteiger partial charge on any atom is -0.313 e. The highest BCUT2D eigenvalue weighted by molar-refractivity contribution is 4.98. The molecule has 102 valence electrons. The molecule has 1 unspecified atom stereocenters. The van der Waals surface area contributed by atoms with E-state index in [-0.39, 0.29) is 0 Å². The van der Waals surface area contributed by atoms with E-state index in [1.807, 2.05) is 0 Å². The number of nitrogens with zero attached hydrogens (tertiary/aromatic N) is 2. The molecular formula is C14H31N3. The highest BCUT2D eigenvalue weighted by Crippen LogP contribution is 2.36. The van der Waals surface area contributed by atoms with Crippen molar-refractivity contribution in [1.82, 2.24) is 15.1 Å². The molecule has 1 aliphatic carbocycles. The first kappa shape index (κ1) is 14.9. The van der Waals surface area contributed by atoms with Gasteiger partial charge in [-0.05, 0) is 60.3 Å².